The Morgan fingerprint density at radius 3 is 2.60 bits per heavy atom. The third-order valence-corrected chi connectivity index (χ3v) is 5.15. The molecule has 0 radical (unpaired) electrons. The van der Waals surface area contributed by atoms with E-state index in [0.717, 1.165) is 17.9 Å². The van der Waals surface area contributed by atoms with Gasteiger partial charge in [0.1, 0.15) is 0 Å². The number of hydrogen-bond donors (Lipinski definition) is 1. The molecule has 0 spiro atoms. The van der Waals surface area contributed by atoms with E-state index in [4.69, 9.17) is 0 Å². The maximum Gasteiger partial charge on any atom is 0.00788 e. The highest BCUT2D eigenvalue weighted by Gasteiger charge is 2.31. The van der Waals surface area contributed by atoms with Crippen molar-refractivity contribution in [3.8, 4) is 0 Å². The number of likely N-dealkylation sites (tertiary alicyclic amines) is 1. The molecule has 1 N–H and O–H groups in total. The van der Waals surface area contributed by atoms with Gasteiger partial charge in [0.05, 0.1) is 0 Å². The summed E-state index contributed by atoms with van der Waals surface area (Å²) in [5, 5.41) is 3.79. The zero-order chi connectivity index (χ0) is 13.9. The molecule has 0 amide bonds. The monoisotopic (exact) mass is 272 g/mol. The van der Waals surface area contributed by atoms with Gasteiger partial charge in [-0.2, -0.15) is 0 Å². The molecular weight excluding hydrogens is 244 g/mol. The molecular formula is C18H28N2. The summed E-state index contributed by atoms with van der Waals surface area (Å²) in [6, 6.07) is 12.5. The first-order chi connectivity index (χ1) is 9.72. The van der Waals surface area contributed by atoms with E-state index < -0.39 is 0 Å². The minimum absolute atomic E-state index is 0.714. The Bertz CT molecular complexity index is 409. The first-order valence-corrected chi connectivity index (χ1v) is 8.24. The Hall–Kier alpha value is -0.860. The summed E-state index contributed by atoms with van der Waals surface area (Å²) < 4.78 is 0. The van der Waals surface area contributed by atoms with Crippen molar-refractivity contribution in [3.63, 3.8) is 0 Å². The van der Waals surface area contributed by atoms with Gasteiger partial charge in [-0.15, -0.1) is 0 Å². The molecule has 1 saturated carbocycles. The molecule has 1 saturated heterocycles. The molecule has 1 heterocycles. The van der Waals surface area contributed by atoms with Crippen LogP contribution >= 0.6 is 0 Å². The Labute approximate surface area is 123 Å². The Balaban J connectivity index is 1.36. The normalized spacial score (nSPS) is 30.6. The molecule has 1 aliphatic heterocycles. The zero-order valence-electron chi connectivity index (χ0n) is 12.9. The zero-order valence-corrected chi connectivity index (χ0v) is 12.9. The molecule has 3 rings (SSSR count). The van der Waals surface area contributed by atoms with Gasteiger partial charge in [-0.1, -0.05) is 30.3 Å². The highest BCUT2D eigenvalue weighted by Crippen LogP contribution is 2.36. The standard InChI is InChI=1S/C18H28N2/c1-14(2)20-9-8-15(13-20)12-19-18-10-17(11-18)16-6-4-3-5-7-16/h3-7,14-15,17-19H,8-13H2,1-2H3. The maximum absolute atomic E-state index is 3.79. The Morgan fingerprint density at radius 2 is 1.95 bits per heavy atom. The summed E-state index contributed by atoms with van der Waals surface area (Å²) in [6.45, 7) is 8.43. The van der Waals surface area contributed by atoms with Gasteiger partial charge >= 0.3 is 0 Å². The highest BCUT2D eigenvalue weighted by molar-refractivity contribution is 5.22. The van der Waals surface area contributed by atoms with E-state index in [-0.39, 0.29) is 0 Å². The van der Waals surface area contributed by atoms with E-state index in [9.17, 15) is 0 Å². The van der Waals surface area contributed by atoms with Crippen LogP contribution in [0.5, 0.6) is 0 Å². The minimum atomic E-state index is 0.714. The van der Waals surface area contributed by atoms with E-state index in [2.05, 4.69) is 54.4 Å². The van der Waals surface area contributed by atoms with E-state index in [1.54, 1.807) is 0 Å². The fourth-order valence-electron chi connectivity index (χ4n) is 3.61. The summed E-state index contributed by atoms with van der Waals surface area (Å²) in [5.74, 6) is 1.66. The van der Waals surface area contributed by atoms with Crippen LogP contribution in [0.2, 0.25) is 0 Å². The van der Waals surface area contributed by atoms with Crippen molar-refractivity contribution < 1.29 is 0 Å². The SMILES string of the molecule is CC(C)N1CCC(CNC2CC(c3ccccc3)C2)C1. The average Bonchev–Trinajstić information content (AvgIpc) is 2.87. The lowest BCUT2D eigenvalue weighted by Crippen LogP contribution is -2.42. The van der Waals surface area contributed by atoms with Crippen molar-refractivity contribution >= 4 is 0 Å². The van der Waals surface area contributed by atoms with Gasteiger partial charge in [-0.05, 0) is 63.6 Å². The van der Waals surface area contributed by atoms with E-state index in [1.807, 2.05) is 0 Å². The third kappa shape index (κ3) is 3.24. The topological polar surface area (TPSA) is 15.3 Å². The third-order valence-electron chi connectivity index (χ3n) is 5.15. The predicted molar refractivity (Wildman–Crippen MR) is 85.0 cm³/mol. The lowest BCUT2D eigenvalue weighted by Gasteiger charge is -2.37. The second kappa shape index (κ2) is 6.28. The van der Waals surface area contributed by atoms with Crippen LogP contribution in [0, 0.1) is 5.92 Å². The molecule has 1 unspecified atom stereocenters. The summed E-state index contributed by atoms with van der Waals surface area (Å²) in [7, 11) is 0. The first kappa shape index (κ1) is 14.1. The largest absolute Gasteiger partial charge is 0.314 e. The van der Waals surface area contributed by atoms with Crippen molar-refractivity contribution in [1.82, 2.24) is 10.2 Å². The van der Waals surface area contributed by atoms with Gasteiger partial charge in [-0.3, -0.25) is 0 Å². The van der Waals surface area contributed by atoms with Crippen LogP contribution in [0.1, 0.15) is 44.6 Å². The highest BCUT2D eigenvalue weighted by atomic mass is 15.2. The lowest BCUT2D eigenvalue weighted by atomic mass is 9.76. The number of rotatable bonds is 5. The summed E-state index contributed by atoms with van der Waals surface area (Å²) in [5.41, 5.74) is 1.53. The van der Waals surface area contributed by atoms with Crippen LogP contribution in [0.15, 0.2) is 30.3 Å². The first-order valence-electron chi connectivity index (χ1n) is 8.24. The summed E-state index contributed by atoms with van der Waals surface area (Å²) in [4.78, 5) is 2.61. The molecule has 20 heavy (non-hydrogen) atoms. The van der Waals surface area contributed by atoms with Gasteiger partial charge in [0.2, 0.25) is 0 Å². The van der Waals surface area contributed by atoms with Crippen LogP contribution in [0.25, 0.3) is 0 Å². The lowest BCUT2D eigenvalue weighted by molar-refractivity contribution is 0.250. The van der Waals surface area contributed by atoms with Crippen molar-refractivity contribution in [1.29, 1.82) is 0 Å². The van der Waals surface area contributed by atoms with Gasteiger partial charge in [0, 0.05) is 18.6 Å². The van der Waals surface area contributed by atoms with Gasteiger partial charge < -0.3 is 10.2 Å². The number of hydrogen-bond acceptors (Lipinski definition) is 2. The molecule has 0 bridgehead atoms. The maximum atomic E-state index is 3.79. The molecule has 0 aromatic heterocycles. The van der Waals surface area contributed by atoms with Crippen molar-refractivity contribution in [2.45, 2.75) is 51.1 Å². The molecule has 2 nitrogen and oxygen atoms in total. The molecule has 1 aromatic carbocycles. The van der Waals surface area contributed by atoms with Gasteiger partial charge in [0.15, 0.2) is 0 Å². The predicted octanol–water partition coefficient (Wildman–Crippen LogP) is 3.25. The molecule has 1 aromatic rings. The van der Waals surface area contributed by atoms with Crippen LogP contribution in [-0.4, -0.2) is 36.6 Å². The summed E-state index contributed by atoms with van der Waals surface area (Å²) >= 11 is 0. The van der Waals surface area contributed by atoms with Crippen molar-refractivity contribution in [3.05, 3.63) is 35.9 Å². The van der Waals surface area contributed by atoms with E-state index in [1.165, 1.54) is 44.5 Å². The van der Waals surface area contributed by atoms with Crippen LogP contribution in [0.4, 0.5) is 0 Å². The quantitative estimate of drug-likeness (QED) is 0.885. The van der Waals surface area contributed by atoms with Crippen LogP contribution < -0.4 is 5.32 Å². The van der Waals surface area contributed by atoms with Crippen molar-refractivity contribution in [2.24, 2.45) is 5.92 Å². The van der Waals surface area contributed by atoms with Crippen LogP contribution in [-0.2, 0) is 0 Å². The average molecular weight is 272 g/mol. The smallest absolute Gasteiger partial charge is 0.00788 e. The fourth-order valence-corrected chi connectivity index (χ4v) is 3.61. The second-order valence-electron chi connectivity index (χ2n) is 6.93. The summed E-state index contributed by atoms with van der Waals surface area (Å²) in [6.07, 6.45) is 4.02. The fraction of sp³-hybridized carbons (Fsp3) is 0.667. The number of benzene rings is 1. The molecule has 2 heteroatoms. The number of nitrogens with one attached hydrogen (secondary N) is 1. The Kier molecular flexibility index (Phi) is 4.42. The molecule has 1 aliphatic carbocycles. The van der Waals surface area contributed by atoms with Crippen molar-refractivity contribution in [2.75, 3.05) is 19.6 Å². The molecule has 110 valence electrons. The second-order valence-corrected chi connectivity index (χ2v) is 6.93. The molecule has 2 aliphatic rings. The Morgan fingerprint density at radius 1 is 1.20 bits per heavy atom. The molecule has 1 atom stereocenters. The van der Waals surface area contributed by atoms with Gasteiger partial charge in [-0.25, -0.2) is 0 Å². The van der Waals surface area contributed by atoms with Crippen LogP contribution in [0.3, 0.4) is 0 Å². The van der Waals surface area contributed by atoms with E-state index in [0.29, 0.717) is 6.04 Å². The van der Waals surface area contributed by atoms with Gasteiger partial charge in [0.25, 0.3) is 0 Å². The number of nitrogens with zero attached hydrogens (tertiary/aromatic N) is 1. The minimum Gasteiger partial charge on any atom is -0.314 e. The van der Waals surface area contributed by atoms with E-state index >= 15 is 0 Å². The molecule has 2 fully saturated rings.